The molecule has 1 aromatic carbocycles. The minimum absolute atomic E-state index is 0.0606. The number of nitrogens with zero attached hydrogens (tertiary/aromatic N) is 1. The first-order valence-corrected chi connectivity index (χ1v) is 6.58. The Morgan fingerprint density at radius 1 is 1.28 bits per heavy atom. The first-order valence-electron chi connectivity index (χ1n) is 5.78. The second-order valence-corrected chi connectivity index (χ2v) is 4.61. The molecule has 0 radical (unpaired) electrons. The predicted octanol–water partition coefficient (Wildman–Crippen LogP) is 2.42. The summed E-state index contributed by atoms with van der Waals surface area (Å²) >= 11 is 3.49. The van der Waals surface area contributed by atoms with Crippen molar-refractivity contribution in [1.29, 1.82) is 0 Å². The van der Waals surface area contributed by atoms with E-state index in [-0.39, 0.29) is 6.61 Å². The maximum Gasteiger partial charge on any atom is 0.0864 e. The average molecular weight is 311 g/mol. The molecule has 0 bridgehead atoms. The Morgan fingerprint density at radius 3 is 3.00 bits per heavy atom. The number of aromatic nitrogens is 1. The van der Waals surface area contributed by atoms with Gasteiger partial charge in [-0.3, -0.25) is 4.98 Å². The van der Waals surface area contributed by atoms with E-state index in [1.54, 1.807) is 6.20 Å². The van der Waals surface area contributed by atoms with Gasteiger partial charge >= 0.3 is 0 Å². The number of benzene rings is 1. The highest BCUT2D eigenvalue weighted by molar-refractivity contribution is 9.10. The zero-order valence-electron chi connectivity index (χ0n) is 9.90. The molecule has 1 heterocycles. The number of hydrogen-bond donors (Lipinski definition) is 2. The minimum Gasteiger partial charge on any atom is -0.394 e. The number of pyridine rings is 1. The molecule has 0 atom stereocenters. The standard InChI is InChI=1S/C13H15BrN2O2/c14-11-3-1-2-10-12(4-5-16-13(10)11)15-6-8-18-9-7-17/h1-5,17H,6-9H2,(H,15,16). The van der Waals surface area contributed by atoms with E-state index >= 15 is 0 Å². The summed E-state index contributed by atoms with van der Waals surface area (Å²) in [5.74, 6) is 0. The summed E-state index contributed by atoms with van der Waals surface area (Å²) in [7, 11) is 0. The van der Waals surface area contributed by atoms with Crippen molar-refractivity contribution in [2.45, 2.75) is 0 Å². The summed E-state index contributed by atoms with van der Waals surface area (Å²) in [4.78, 5) is 4.35. The highest BCUT2D eigenvalue weighted by atomic mass is 79.9. The highest BCUT2D eigenvalue weighted by Gasteiger charge is 2.03. The molecular weight excluding hydrogens is 296 g/mol. The largest absolute Gasteiger partial charge is 0.394 e. The number of para-hydroxylation sites is 1. The van der Waals surface area contributed by atoms with E-state index in [0.29, 0.717) is 19.8 Å². The molecule has 0 fully saturated rings. The van der Waals surface area contributed by atoms with Crippen LogP contribution in [0.4, 0.5) is 5.69 Å². The van der Waals surface area contributed by atoms with Crippen LogP contribution >= 0.6 is 15.9 Å². The second-order valence-electron chi connectivity index (χ2n) is 3.76. The maximum absolute atomic E-state index is 8.60. The molecule has 0 spiro atoms. The Kier molecular flexibility index (Phi) is 4.92. The van der Waals surface area contributed by atoms with Crippen LogP contribution in [0.25, 0.3) is 10.9 Å². The Morgan fingerprint density at radius 2 is 2.17 bits per heavy atom. The molecule has 4 nitrogen and oxygen atoms in total. The Hall–Kier alpha value is -1.17. The van der Waals surface area contributed by atoms with E-state index in [0.717, 1.165) is 21.1 Å². The number of fused-ring (bicyclic) bond motifs is 1. The third kappa shape index (κ3) is 3.19. The van der Waals surface area contributed by atoms with Crippen molar-refractivity contribution < 1.29 is 9.84 Å². The Bertz CT molecular complexity index is 519. The van der Waals surface area contributed by atoms with E-state index in [2.05, 4.69) is 26.2 Å². The summed E-state index contributed by atoms with van der Waals surface area (Å²) in [5.41, 5.74) is 1.98. The molecule has 1 aromatic heterocycles. The van der Waals surface area contributed by atoms with Crippen molar-refractivity contribution in [2.24, 2.45) is 0 Å². The lowest BCUT2D eigenvalue weighted by Gasteiger charge is -2.10. The van der Waals surface area contributed by atoms with E-state index in [4.69, 9.17) is 9.84 Å². The van der Waals surface area contributed by atoms with Crippen molar-refractivity contribution in [3.8, 4) is 0 Å². The van der Waals surface area contributed by atoms with Crippen molar-refractivity contribution in [1.82, 2.24) is 4.98 Å². The summed E-state index contributed by atoms with van der Waals surface area (Å²) in [6.45, 7) is 1.71. The molecule has 18 heavy (non-hydrogen) atoms. The topological polar surface area (TPSA) is 54.4 Å². The normalized spacial score (nSPS) is 10.8. The van der Waals surface area contributed by atoms with Crippen molar-refractivity contribution in [3.63, 3.8) is 0 Å². The Labute approximate surface area is 114 Å². The predicted molar refractivity (Wildman–Crippen MR) is 75.8 cm³/mol. The molecule has 0 saturated carbocycles. The zero-order valence-corrected chi connectivity index (χ0v) is 11.5. The summed E-state index contributed by atoms with van der Waals surface area (Å²) in [6.07, 6.45) is 1.78. The van der Waals surface area contributed by atoms with Crippen molar-refractivity contribution in [2.75, 3.05) is 31.7 Å². The van der Waals surface area contributed by atoms with Crippen LogP contribution in [-0.2, 0) is 4.74 Å². The number of hydrogen-bond acceptors (Lipinski definition) is 4. The van der Waals surface area contributed by atoms with Crippen LogP contribution < -0.4 is 5.32 Å². The summed E-state index contributed by atoms with van der Waals surface area (Å²) in [5, 5.41) is 13.0. The van der Waals surface area contributed by atoms with Crippen LogP contribution in [0.5, 0.6) is 0 Å². The van der Waals surface area contributed by atoms with Crippen LogP contribution in [-0.4, -0.2) is 36.5 Å². The third-order valence-corrected chi connectivity index (χ3v) is 3.16. The molecule has 0 aliphatic carbocycles. The van der Waals surface area contributed by atoms with Gasteiger partial charge in [0.05, 0.1) is 25.3 Å². The number of aliphatic hydroxyl groups is 1. The van der Waals surface area contributed by atoms with Crippen LogP contribution in [0.3, 0.4) is 0 Å². The van der Waals surface area contributed by atoms with E-state index in [1.807, 2.05) is 24.3 Å². The molecule has 0 aliphatic rings. The van der Waals surface area contributed by atoms with Crippen molar-refractivity contribution >= 4 is 32.5 Å². The molecule has 2 N–H and O–H groups in total. The molecule has 0 amide bonds. The van der Waals surface area contributed by atoms with E-state index in [1.165, 1.54) is 0 Å². The minimum atomic E-state index is 0.0606. The van der Waals surface area contributed by atoms with Crippen LogP contribution in [0.2, 0.25) is 0 Å². The fraction of sp³-hybridized carbons (Fsp3) is 0.308. The van der Waals surface area contributed by atoms with Gasteiger partial charge in [0.1, 0.15) is 0 Å². The van der Waals surface area contributed by atoms with Gasteiger partial charge in [-0.1, -0.05) is 12.1 Å². The van der Waals surface area contributed by atoms with Gasteiger partial charge < -0.3 is 15.2 Å². The molecule has 0 unspecified atom stereocenters. The first-order chi connectivity index (χ1) is 8.83. The fourth-order valence-electron chi connectivity index (χ4n) is 1.72. The first kappa shape index (κ1) is 13.3. The number of ether oxygens (including phenoxy) is 1. The lowest BCUT2D eigenvalue weighted by Crippen LogP contribution is -2.11. The molecule has 2 aromatic rings. The van der Waals surface area contributed by atoms with Gasteiger partial charge in [-0.15, -0.1) is 0 Å². The molecule has 5 heteroatoms. The number of aliphatic hydroxyl groups excluding tert-OH is 1. The molecule has 96 valence electrons. The second kappa shape index (κ2) is 6.68. The van der Waals surface area contributed by atoms with Gasteiger partial charge in [0, 0.05) is 28.3 Å². The van der Waals surface area contributed by atoms with Crippen LogP contribution in [0, 0.1) is 0 Å². The third-order valence-electron chi connectivity index (χ3n) is 2.52. The number of halogens is 1. The van der Waals surface area contributed by atoms with E-state index in [9.17, 15) is 0 Å². The highest BCUT2D eigenvalue weighted by Crippen LogP contribution is 2.26. The number of nitrogens with one attached hydrogen (secondary N) is 1. The van der Waals surface area contributed by atoms with Gasteiger partial charge in [0.2, 0.25) is 0 Å². The summed E-state index contributed by atoms with van der Waals surface area (Å²) in [6, 6.07) is 7.94. The molecule has 2 rings (SSSR count). The number of rotatable bonds is 6. The van der Waals surface area contributed by atoms with E-state index < -0.39 is 0 Å². The average Bonchev–Trinajstić information content (AvgIpc) is 2.39. The lowest BCUT2D eigenvalue weighted by atomic mass is 10.2. The molecule has 0 aliphatic heterocycles. The Balaban J connectivity index is 2.07. The molecular formula is C13H15BrN2O2. The number of anilines is 1. The maximum atomic E-state index is 8.60. The molecule has 0 saturated heterocycles. The van der Waals surface area contributed by atoms with Crippen LogP contribution in [0.15, 0.2) is 34.9 Å². The lowest BCUT2D eigenvalue weighted by molar-refractivity contribution is 0.0992. The van der Waals surface area contributed by atoms with Gasteiger partial charge in [-0.05, 0) is 28.1 Å². The van der Waals surface area contributed by atoms with Gasteiger partial charge in [0.25, 0.3) is 0 Å². The smallest absolute Gasteiger partial charge is 0.0864 e. The quantitative estimate of drug-likeness (QED) is 0.805. The zero-order chi connectivity index (χ0) is 12.8. The van der Waals surface area contributed by atoms with Gasteiger partial charge in [-0.2, -0.15) is 0 Å². The van der Waals surface area contributed by atoms with Gasteiger partial charge in [-0.25, -0.2) is 0 Å². The van der Waals surface area contributed by atoms with Gasteiger partial charge in [0.15, 0.2) is 0 Å². The fourth-order valence-corrected chi connectivity index (χ4v) is 2.19. The van der Waals surface area contributed by atoms with Crippen molar-refractivity contribution in [3.05, 3.63) is 34.9 Å². The summed E-state index contributed by atoms with van der Waals surface area (Å²) < 4.78 is 6.19. The van der Waals surface area contributed by atoms with Crippen LogP contribution in [0.1, 0.15) is 0 Å². The monoisotopic (exact) mass is 310 g/mol. The SMILES string of the molecule is OCCOCCNc1ccnc2c(Br)cccc12.